The van der Waals surface area contributed by atoms with Crippen LogP contribution in [0.15, 0.2) is 18.2 Å². The summed E-state index contributed by atoms with van der Waals surface area (Å²) in [6.07, 6.45) is -4.59. The van der Waals surface area contributed by atoms with E-state index in [2.05, 4.69) is 4.74 Å². The maximum absolute atomic E-state index is 12.5. The second kappa shape index (κ2) is 6.83. The number of piperidine rings is 1. The molecular formula is C16H17ClF3N3O4. The van der Waals surface area contributed by atoms with Crippen molar-refractivity contribution in [2.24, 2.45) is 11.1 Å². The maximum atomic E-state index is 12.5. The topological polar surface area (TPSA) is 98.7 Å². The number of carbonyl (C=O) groups is 1. The molecule has 1 aliphatic heterocycles. The van der Waals surface area contributed by atoms with Crippen LogP contribution in [0.3, 0.4) is 0 Å². The lowest BCUT2D eigenvalue weighted by atomic mass is 9.58. The minimum Gasteiger partial charge on any atom is -0.453 e. The van der Waals surface area contributed by atoms with E-state index in [-0.39, 0.29) is 10.7 Å². The standard InChI is InChI=1S/C16H17ClF3N3O4/c17-10-7-9(23(25)26)1-2-12(10)22-5-3-15(4-6-22)8-11(21)13(15)27-14(24)16(18,19)20/h1-2,7,11,13H,3-6,8,21H2. The maximum Gasteiger partial charge on any atom is 0.490 e. The third-order valence-electron chi connectivity index (χ3n) is 5.34. The zero-order valence-electron chi connectivity index (χ0n) is 14.0. The van der Waals surface area contributed by atoms with Gasteiger partial charge in [-0.2, -0.15) is 13.2 Å². The summed E-state index contributed by atoms with van der Waals surface area (Å²) in [5.41, 5.74) is 5.70. The van der Waals surface area contributed by atoms with Crippen molar-refractivity contribution in [3.8, 4) is 0 Å². The lowest BCUT2D eigenvalue weighted by Gasteiger charge is -2.56. The number of nitro groups is 1. The van der Waals surface area contributed by atoms with Crippen LogP contribution in [0.5, 0.6) is 0 Å². The molecule has 1 aromatic carbocycles. The molecule has 1 heterocycles. The van der Waals surface area contributed by atoms with E-state index in [1.165, 1.54) is 12.1 Å². The molecule has 0 amide bonds. The van der Waals surface area contributed by atoms with E-state index in [1.807, 2.05) is 4.90 Å². The second-order valence-electron chi connectivity index (χ2n) is 6.93. The number of benzene rings is 1. The van der Waals surface area contributed by atoms with E-state index in [1.54, 1.807) is 6.07 Å². The molecule has 2 atom stereocenters. The number of carbonyl (C=O) groups excluding carboxylic acids is 1. The molecule has 3 rings (SSSR count). The summed E-state index contributed by atoms with van der Waals surface area (Å²) in [5.74, 6) is -2.22. The quantitative estimate of drug-likeness (QED) is 0.469. The van der Waals surface area contributed by atoms with Crippen molar-refractivity contribution in [2.75, 3.05) is 18.0 Å². The Bertz CT molecular complexity index is 766. The molecule has 2 aliphatic rings. The smallest absolute Gasteiger partial charge is 0.453 e. The van der Waals surface area contributed by atoms with Gasteiger partial charge in [0.2, 0.25) is 0 Å². The highest BCUT2D eigenvalue weighted by Gasteiger charge is 2.57. The summed E-state index contributed by atoms with van der Waals surface area (Å²) >= 11 is 6.14. The lowest BCUT2D eigenvalue weighted by molar-refractivity contribution is -0.384. The van der Waals surface area contributed by atoms with Gasteiger partial charge in [0, 0.05) is 36.7 Å². The first kappa shape index (κ1) is 19.7. The van der Waals surface area contributed by atoms with Crippen molar-refractivity contribution >= 4 is 28.9 Å². The Morgan fingerprint density at radius 2 is 2.00 bits per heavy atom. The Hall–Kier alpha value is -2.07. The Morgan fingerprint density at radius 1 is 1.37 bits per heavy atom. The second-order valence-corrected chi connectivity index (χ2v) is 7.34. The van der Waals surface area contributed by atoms with Crippen molar-refractivity contribution in [1.29, 1.82) is 0 Å². The predicted octanol–water partition coefficient (Wildman–Crippen LogP) is 3.04. The first-order valence-electron chi connectivity index (χ1n) is 8.26. The number of nitrogens with two attached hydrogens (primary N) is 1. The number of nitrogens with zero attached hydrogens (tertiary/aromatic N) is 2. The van der Waals surface area contributed by atoms with Crippen molar-refractivity contribution in [3.63, 3.8) is 0 Å². The van der Waals surface area contributed by atoms with Crippen LogP contribution in [0.1, 0.15) is 19.3 Å². The van der Waals surface area contributed by atoms with Gasteiger partial charge in [0.05, 0.1) is 15.6 Å². The number of non-ortho nitro benzene ring substituents is 1. The number of ether oxygens (including phenoxy) is 1. The molecule has 1 aliphatic carbocycles. The van der Waals surface area contributed by atoms with Crippen LogP contribution in [0.4, 0.5) is 24.5 Å². The Balaban J connectivity index is 1.68. The number of anilines is 1. The van der Waals surface area contributed by atoms with Crippen LogP contribution in [0.2, 0.25) is 5.02 Å². The van der Waals surface area contributed by atoms with Crippen LogP contribution in [0, 0.1) is 15.5 Å². The van der Waals surface area contributed by atoms with Gasteiger partial charge in [-0.25, -0.2) is 4.79 Å². The Labute approximate surface area is 157 Å². The fourth-order valence-corrected chi connectivity index (χ4v) is 4.22. The normalized spacial score (nSPS) is 24.4. The van der Waals surface area contributed by atoms with Crippen molar-refractivity contribution in [2.45, 2.75) is 37.6 Å². The zero-order valence-corrected chi connectivity index (χ0v) is 14.8. The summed E-state index contributed by atoms with van der Waals surface area (Å²) in [5, 5.41) is 11.0. The van der Waals surface area contributed by atoms with Crippen LogP contribution in [0.25, 0.3) is 0 Å². The molecule has 7 nitrogen and oxygen atoms in total. The molecular weight excluding hydrogens is 391 g/mol. The van der Waals surface area contributed by atoms with Gasteiger partial charge in [-0.05, 0) is 25.3 Å². The molecule has 11 heteroatoms. The third-order valence-corrected chi connectivity index (χ3v) is 5.64. The lowest BCUT2D eigenvalue weighted by Crippen LogP contribution is -2.65. The molecule has 2 fully saturated rings. The molecule has 1 saturated heterocycles. The van der Waals surface area contributed by atoms with Crippen LogP contribution >= 0.6 is 11.6 Å². The third kappa shape index (κ3) is 3.68. The molecule has 0 bridgehead atoms. The van der Waals surface area contributed by atoms with E-state index >= 15 is 0 Å². The van der Waals surface area contributed by atoms with E-state index in [0.717, 1.165) is 0 Å². The molecule has 2 unspecified atom stereocenters. The number of rotatable bonds is 3. The highest BCUT2D eigenvalue weighted by atomic mass is 35.5. The van der Waals surface area contributed by atoms with Gasteiger partial charge in [0.1, 0.15) is 6.10 Å². The van der Waals surface area contributed by atoms with Crippen molar-refractivity contribution < 1.29 is 27.6 Å². The predicted molar refractivity (Wildman–Crippen MR) is 90.5 cm³/mol. The average molecular weight is 408 g/mol. The summed E-state index contributed by atoms with van der Waals surface area (Å²) in [7, 11) is 0. The molecule has 2 N–H and O–H groups in total. The van der Waals surface area contributed by atoms with Gasteiger partial charge in [0.15, 0.2) is 0 Å². The molecule has 1 spiro atoms. The average Bonchev–Trinajstić information content (AvgIpc) is 2.59. The van der Waals surface area contributed by atoms with Gasteiger partial charge < -0.3 is 15.4 Å². The molecule has 148 valence electrons. The van der Waals surface area contributed by atoms with Crippen molar-refractivity contribution in [3.05, 3.63) is 33.3 Å². The first-order valence-corrected chi connectivity index (χ1v) is 8.63. The van der Waals surface area contributed by atoms with Crippen LogP contribution < -0.4 is 10.6 Å². The molecule has 1 saturated carbocycles. The molecule has 1 aromatic rings. The number of alkyl halides is 3. The van der Waals surface area contributed by atoms with E-state index in [0.29, 0.717) is 38.0 Å². The van der Waals surface area contributed by atoms with Gasteiger partial charge in [-0.3, -0.25) is 10.1 Å². The monoisotopic (exact) mass is 407 g/mol. The fraction of sp³-hybridized carbons (Fsp3) is 0.562. The highest BCUT2D eigenvalue weighted by molar-refractivity contribution is 6.33. The van der Waals surface area contributed by atoms with E-state index < -0.39 is 34.6 Å². The Morgan fingerprint density at radius 3 is 2.48 bits per heavy atom. The van der Waals surface area contributed by atoms with Gasteiger partial charge >= 0.3 is 12.1 Å². The number of nitro benzene ring substituents is 1. The Kier molecular flexibility index (Phi) is 4.98. The summed E-state index contributed by atoms with van der Waals surface area (Å²) in [6.45, 7) is 0.925. The van der Waals surface area contributed by atoms with Crippen molar-refractivity contribution in [1.82, 2.24) is 0 Å². The largest absolute Gasteiger partial charge is 0.490 e. The summed E-state index contributed by atoms with van der Waals surface area (Å²) < 4.78 is 42.1. The van der Waals surface area contributed by atoms with Gasteiger partial charge in [0.25, 0.3) is 5.69 Å². The number of hydrogen-bond acceptors (Lipinski definition) is 6. The summed E-state index contributed by atoms with van der Waals surface area (Å²) in [4.78, 5) is 23.3. The van der Waals surface area contributed by atoms with E-state index in [4.69, 9.17) is 17.3 Å². The summed E-state index contributed by atoms with van der Waals surface area (Å²) in [6, 6.07) is 3.53. The fourth-order valence-electron chi connectivity index (χ4n) is 3.93. The van der Waals surface area contributed by atoms with Crippen LogP contribution in [-0.4, -0.2) is 42.3 Å². The van der Waals surface area contributed by atoms with Crippen LogP contribution in [-0.2, 0) is 9.53 Å². The minimum atomic E-state index is -5.05. The highest BCUT2D eigenvalue weighted by Crippen LogP contribution is 2.51. The van der Waals surface area contributed by atoms with E-state index in [9.17, 15) is 28.1 Å². The number of esters is 1. The zero-order chi connectivity index (χ0) is 20.0. The molecule has 0 aromatic heterocycles. The minimum absolute atomic E-state index is 0.124. The number of halogens is 4. The first-order chi connectivity index (χ1) is 12.5. The number of hydrogen-bond donors (Lipinski definition) is 1. The van der Waals surface area contributed by atoms with Gasteiger partial charge in [-0.1, -0.05) is 11.6 Å². The molecule has 0 radical (unpaired) electrons. The SMILES string of the molecule is NC1CC2(CCN(c3ccc([N+](=O)[O-])cc3Cl)CC2)C1OC(=O)C(F)(F)F. The van der Waals surface area contributed by atoms with Gasteiger partial charge in [-0.15, -0.1) is 0 Å². The molecule has 27 heavy (non-hydrogen) atoms.